The molecule has 0 aliphatic carbocycles. The zero-order valence-corrected chi connectivity index (χ0v) is 13.2. The predicted molar refractivity (Wildman–Crippen MR) is 83.0 cm³/mol. The van der Waals surface area contributed by atoms with E-state index in [0.29, 0.717) is 12.8 Å². The Labute approximate surface area is 148 Å². The average molecular weight is 395 g/mol. The van der Waals surface area contributed by atoms with Crippen molar-refractivity contribution < 1.29 is 39.5 Å². The van der Waals surface area contributed by atoms with Crippen LogP contribution in [0.4, 0.5) is 39.5 Å². The summed E-state index contributed by atoms with van der Waals surface area (Å²) in [5, 5.41) is 0. The minimum atomic E-state index is -5.42. The monoisotopic (exact) mass is 395 g/mol. The van der Waals surface area contributed by atoms with Gasteiger partial charge >= 0.3 is 18.5 Å². The molecule has 10 heteroatoms. The third-order valence-corrected chi connectivity index (χ3v) is 3.60. The lowest BCUT2D eigenvalue weighted by Gasteiger charge is -2.29. The van der Waals surface area contributed by atoms with Crippen LogP contribution in [-0.4, -0.2) is 7.28 Å². The van der Waals surface area contributed by atoms with Gasteiger partial charge in [0.25, 0.3) is 0 Å². The molecule has 0 saturated carbocycles. The summed E-state index contributed by atoms with van der Waals surface area (Å²) >= 11 is 0. The Bertz CT molecular complexity index is 792. The van der Waals surface area contributed by atoms with Gasteiger partial charge in [0.2, 0.25) is 0 Å². The molecule has 0 amide bonds. The number of rotatable bonds is 3. The molecule has 27 heavy (non-hydrogen) atoms. The number of alkyl halides is 9. The Morgan fingerprint density at radius 1 is 0.704 bits per heavy atom. The summed E-state index contributed by atoms with van der Waals surface area (Å²) in [6, 6.07) is 4.61. The molecule has 0 N–H and O–H groups in total. The maximum Gasteiger partial charge on any atom is 0.416 e. The second-order valence-electron chi connectivity index (χ2n) is 5.49. The van der Waals surface area contributed by atoms with Gasteiger partial charge in [0.05, 0.1) is 5.56 Å². The van der Waals surface area contributed by atoms with Crippen LogP contribution in [0.15, 0.2) is 43.0 Å². The van der Waals surface area contributed by atoms with E-state index in [1.54, 1.807) is 0 Å². The van der Waals surface area contributed by atoms with Gasteiger partial charge in [0, 0.05) is 11.1 Å². The van der Waals surface area contributed by atoms with E-state index in [1.807, 2.05) is 0 Å². The fourth-order valence-electron chi connectivity index (χ4n) is 2.34. The molecule has 0 unspecified atom stereocenters. The smallest absolute Gasteiger partial charge is 0.275 e. The van der Waals surface area contributed by atoms with Crippen LogP contribution in [0.2, 0.25) is 0 Å². The standard InChI is InChI=1S/C17H9BF9/c1-2-9-3-5-11(6-4-9)18-14-12(16(22,23)24)7-10(15(19,20)21)8-13(14)17(25,26)27/h2-8H,1H2/q-1. The third-order valence-electron chi connectivity index (χ3n) is 3.60. The molecule has 2 radical (unpaired) electrons. The van der Waals surface area contributed by atoms with Gasteiger partial charge in [0.1, 0.15) is 0 Å². The lowest BCUT2D eigenvalue weighted by molar-refractivity contribution is -0.147. The third kappa shape index (κ3) is 4.87. The van der Waals surface area contributed by atoms with Crippen molar-refractivity contribution >= 4 is 24.3 Å². The quantitative estimate of drug-likeness (QED) is 0.505. The Morgan fingerprint density at radius 3 is 1.48 bits per heavy atom. The van der Waals surface area contributed by atoms with Crippen LogP contribution in [0.1, 0.15) is 22.3 Å². The van der Waals surface area contributed by atoms with Crippen LogP contribution in [0.3, 0.4) is 0 Å². The van der Waals surface area contributed by atoms with Gasteiger partial charge < -0.3 is 0 Å². The summed E-state index contributed by atoms with van der Waals surface area (Å²) in [7, 11) is 0.554. The molecule has 0 aliphatic rings. The van der Waals surface area contributed by atoms with Crippen LogP contribution in [0.25, 0.3) is 6.08 Å². The molecule has 2 aromatic carbocycles. The lowest BCUT2D eigenvalue weighted by atomic mass is 9.60. The van der Waals surface area contributed by atoms with E-state index in [0.717, 1.165) is 0 Å². The summed E-state index contributed by atoms with van der Waals surface area (Å²) in [6.07, 6.45) is -14.8. The maximum atomic E-state index is 13.2. The fourth-order valence-corrected chi connectivity index (χ4v) is 2.34. The highest BCUT2D eigenvalue weighted by atomic mass is 19.4. The van der Waals surface area contributed by atoms with E-state index in [4.69, 9.17) is 0 Å². The van der Waals surface area contributed by atoms with Gasteiger partial charge in [-0.25, -0.2) is 0 Å². The molecule has 2 aromatic rings. The van der Waals surface area contributed by atoms with Gasteiger partial charge in [-0.1, -0.05) is 24.8 Å². The highest BCUT2D eigenvalue weighted by Crippen LogP contribution is 2.39. The van der Waals surface area contributed by atoms with E-state index in [1.165, 1.54) is 30.3 Å². The molecule has 144 valence electrons. The van der Waals surface area contributed by atoms with Crippen molar-refractivity contribution in [3.8, 4) is 0 Å². The number of halogens is 9. The van der Waals surface area contributed by atoms with Crippen molar-refractivity contribution in [2.75, 3.05) is 0 Å². The molecule has 0 aliphatic heterocycles. The van der Waals surface area contributed by atoms with Crippen molar-refractivity contribution in [1.82, 2.24) is 0 Å². The van der Waals surface area contributed by atoms with Crippen molar-refractivity contribution in [3.63, 3.8) is 0 Å². The van der Waals surface area contributed by atoms with Gasteiger partial charge in [0.15, 0.2) is 0 Å². The molecule has 0 fully saturated rings. The first-order chi connectivity index (χ1) is 12.2. The van der Waals surface area contributed by atoms with Crippen LogP contribution < -0.4 is 10.9 Å². The maximum absolute atomic E-state index is 13.2. The minimum Gasteiger partial charge on any atom is -0.275 e. The van der Waals surface area contributed by atoms with Crippen molar-refractivity contribution in [3.05, 3.63) is 65.2 Å². The Kier molecular flexibility index (Phi) is 5.40. The summed E-state index contributed by atoms with van der Waals surface area (Å²) in [5.41, 5.74) is -6.92. The minimum absolute atomic E-state index is 0.0450. The van der Waals surface area contributed by atoms with E-state index in [2.05, 4.69) is 6.58 Å². The summed E-state index contributed by atoms with van der Waals surface area (Å²) < 4.78 is 118. The van der Waals surface area contributed by atoms with E-state index in [-0.39, 0.29) is 17.6 Å². The highest BCUT2D eigenvalue weighted by Gasteiger charge is 2.41. The van der Waals surface area contributed by atoms with Crippen LogP contribution in [0, 0.1) is 0 Å². The lowest BCUT2D eigenvalue weighted by Crippen LogP contribution is -2.39. The predicted octanol–water partition coefficient (Wildman–Crippen LogP) is 5.04. The topological polar surface area (TPSA) is 0 Å². The van der Waals surface area contributed by atoms with Gasteiger partial charge in [-0.2, -0.15) is 39.5 Å². The Balaban J connectivity index is 2.73. The average Bonchev–Trinajstić information content (AvgIpc) is 2.52. The molecule has 0 atom stereocenters. The second kappa shape index (κ2) is 6.97. The molecule has 0 heterocycles. The Hall–Kier alpha value is -2.39. The molecular weight excluding hydrogens is 386 g/mol. The molecule has 0 spiro atoms. The van der Waals surface area contributed by atoms with Crippen molar-refractivity contribution in [2.45, 2.75) is 18.5 Å². The van der Waals surface area contributed by atoms with E-state index < -0.39 is 40.7 Å². The summed E-state index contributed by atoms with van der Waals surface area (Å²) in [6.45, 7) is 3.46. The van der Waals surface area contributed by atoms with Crippen molar-refractivity contribution in [1.29, 1.82) is 0 Å². The van der Waals surface area contributed by atoms with Crippen LogP contribution in [0.5, 0.6) is 0 Å². The van der Waals surface area contributed by atoms with Gasteiger partial charge in [-0.3, -0.25) is 18.2 Å². The van der Waals surface area contributed by atoms with Crippen molar-refractivity contribution in [2.24, 2.45) is 0 Å². The first kappa shape index (κ1) is 20.9. The molecule has 0 saturated heterocycles. The SMILES string of the molecule is C=Cc1ccc([B-]c2c(C(F)(F)F)cc(C(F)(F)F)cc2C(F)(F)F)cc1. The number of hydrogen-bond acceptors (Lipinski definition) is 0. The van der Waals surface area contributed by atoms with E-state index >= 15 is 0 Å². The zero-order chi connectivity index (χ0) is 20.6. The molecule has 0 aromatic heterocycles. The second-order valence-corrected chi connectivity index (χ2v) is 5.49. The van der Waals surface area contributed by atoms with E-state index in [9.17, 15) is 39.5 Å². The van der Waals surface area contributed by atoms with Crippen LogP contribution >= 0.6 is 0 Å². The first-order valence-electron chi connectivity index (χ1n) is 7.20. The molecule has 0 bridgehead atoms. The number of hydrogen-bond donors (Lipinski definition) is 0. The van der Waals surface area contributed by atoms with Crippen LogP contribution in [-0.2, 0) is 18.5 Å². The highest BCUT2D eigenvalue weighted by molar-refractivity contribution is 6.68. The Morgan fingerprint density at radius 2 is 1.15 bits per heavy atom. The van der Waals surface area contributed by atoms with Gasteiger partial charge in [-0.05, 0) is 17.7 Å². The first-order valence-corrected chi connectivity index (χ1v) is 7.20. The fraction of sp³-hybridized carbons (Fsp3) is 0.176. The zero-order valence-electron chi connectivity index (χ0n) is 13.2. The normalized spacial score (nSPS) is 12.9. The molecular formula is C17H9BF9-. The molecule has 0 nitrogen and oxygen atoms in total. The number of benzene rings is 2. The summed E-state index contributed by atoms with van der Waals surface area (Å²) in [4.78, 5) is 0. The largest absolute Gasteiger partial charge is 0.416 e. The van der Waals surface area contributed by atoms with Gasteiger partial charge in [-0.15, -0.1) is 12.1 Å². The summed E-state index contributed by atoms with van der Waals surface area (Å²) in [5.74, 6) is 0. The molecule has 2 rings (SSSR count).